The standard InChI is InChI=1S/C18H34/c1-11-7-8-18(16(6)15(11)5)17-9-12(2)14(4)13(3)10-17/h11-18H,7-10H2,1-6H3. The van der Waals surface area contributed by atoms with E-state index in [-0.39, 0.29) is 0 Å². The Bertz CT molecular complexity index is 257. The third-order valence-corrected chi connectivity index (χ3v) is 7.11. The number of rotatable bonds is 1. The summed E-state index contributed by atoms with van der Waals surface area (Å²) in [6, 6.07) is 0. The zero-order chi connectivity index (χ0) is 13.4. The molecule has 0 aromatic heterocycles. The van der Waals surface area contributed by atoms with Gasteiger partial charge in [-0.05, 0) is 66.6 Å². The Morgan fingerprint density at radius 1 is 0.556 bits per heavy atom. The van der Waals surface area contributed by atoms with Crippen LogP contribution in [0, 0.1) is 47.3 Å². The molecule has 6 atom stereocenters. The topological polar surface area (TPSA) is 0 Å². The largest absolute Gasteiger partial charge is 0.0622 e. The fourth-order valence-corrected chi connectivity index (χ4v) is 4.95. The lowest BCUT2D eigenvalue weighted by Crippen LogP contribution is -2.39. The molecule has 2 aliphatic carbocycles. The lowest BCUT2D eigenvalue weighted by atomic mass is 9.58. The highest BCUT2D eigenvalue weighted by atomic mass is 14.5. The first-order valence-electron chi connectivity index (χ1n) is 8.41. The Morgan fingerprint density at radius 2 is 1.11 bits per heavy atom. The van der Waals surface area contributed by atoms with Crippen molar-refractivity contribution in [2.45, 2.75) is 67.2 Å². The van der Waals surface area contributed by atoms with Crippen LogP contribution in [0.15, 0.2) is 0 Å². The molecule has 2 rings (SSSR count). The second-order valence-electron chi connectivity index (χ2n) is 7.98. The summed E-state index contributed by atoms with van der Waals surface area (Å²) in [6.45, 7) is 15.0. The van der Waals surface area contributed by atoms with Gasteiger partial charge in [0.25, 0.3) is 0 Å². The van der Waals surface area contributed by atoms with Crippen molar-refractivity contribution in [1.82, 2.24) is 0 Å². The van der Waals surface area contributed by atoms with E-state index in [0.717, 1.165) is 47.3 Å². The average Bonchev–Trinajstić information content (AvgIpc) is 2.33. The zero-order valence-corrected chi connectivity index (χ0v) is 13.4. The van der Waals surface area contributed by atoms with Gasteiger partial charge in [0.2, 0.25) is 0 Å². The maximum absolute atomic E-state index is 2.54. The predicted octanol–water partition coefficient (Wildman–Crippen LogP) is 5.62. The smallest absolute Gasteiger partial charge is 0.0357 e. The monoisotopic (exact) mass is 250 g/mol. The Hall–Kier alpha value is 0. The minimum Gasteiger partial charge on any atom is -0.0622 e. The molecular formula is C18H34. The van der Waals surface area contributed by atoms with Crippen LogP contribution in [-0.4, -0.2) is 0 Å². The van der Waals surface area contributed by atoms with Crippen molar-refractivity contribution in [3.05, 3.63) is 0 Å². The van der Waals surface area contributed by atoms with Gasteiger partial charge in [0.15, 0.2) is 0 Å². The normalized spacial score (nSPS) is 54.3. The second-order valence-corrected chi connectivity index (χ2v) is 7.98. The van der Waals surface area contributed by atoms with Crippen LogP contribution in [0.25, 0.3) is 0 Å². The molecule has 2 aliphatic rings. The molecule has 0 heteroatoms. The van der Waals surface area contributed by atoms with Gasteiger partial charge in [0.1, 0.15) is 0 Å². The van der Waals surface area contributed by atoms with E-state index < -0.39 is 0 Å². The fraction of sp³-hybridized carbons (Fsp3) is 1.00. The molecule has 18 heavy (non-hydrogen) atoms. The first-order chi connectivity index (χ1) is 8.41. The maximum atomic E-state index is 2.54. The molecule has 0 bridgehead atoms. The van der Waals surface area contributed by atoms with Gasteiger partial charge in [-0.3, -0.25) is 0 Å². The summed E-state index contributed by atoms with van der Waals surface area (Å²) in [5, 5.41) is 0. The summed E-state index contributed by atoms with van der Waals surface area (Å²) < 4.78 is 0. The molecule has 0 saturated heterocycles. The van der Waals surface area contributed by atoms with Crippen molar-refractivity contribution in [3.63, 3.8) is 0 Å². The van der Waals surface area contributed by atoms with Gasteiger partial charge in [-0.25, -0.2) is 0 Å². The van der Waals surface area contributed by atoms with Gasteiger partial charge in [0.05, 0.1) is 0 Å². The van der Waals surface area contributed by atoms with Crippen molar-refractivity contribution < 1.29 is 0 Å². The van der Waals surface area contributed by atoms with Gasteiger partial charge in [-0.1, -0.05) is 48.0 Å². The van der Waals surface area contributed by atoms with E-state index in [1.165, 1.54) is 25.7 Å². The maximum Gasteiger partial charge on any atom is -0.0357 e. The molecule has 0 spiro atoms. The van der Waals surface area contributed by atoms with Crippen LogP contribution < -0.4 is 0 Å². The quantitative estimate of drug-likeness (QED) is 0.566. The number of hydrogen-bond donors (Lipinski definition) is 0. The lowest BCUT2D eigenvalue weighted by molar-refractivity contribution is 0.0260. The molecule has 2 fully saturated rings. The van der Waals surface area contributed by atoms with Crippen molar-refractivity contribution in [3.8, 4) is 0 Å². The zero-order valence-electron chi connectivity index (χ0n) is 13.4. The fourth-order valence-electron chi connectivity index (χ4n) is 4.95. The van der Waals surface area contributed by atoms with Crippen LogP contribution in [0.1, 0.15) is 67.2 Å². The Kier molecular flexibility index (Phi) is 4.44. The van der Waals surface area contributed by atoms with E-state index in [9.17, 15) is 0 Å². The Labute approximate surface area is 115 Å². The highest BCUT2D eigenvalue weighted by Crippen LogP contribution is 2.48. The molecule has 0 aliphatic heterocycles. The highest BCUT2D eigenvalue weighted by Gasteiger charge is 2.40. The summed E-state index contributed by atoms with van der Waals surface area (Å²) in [6.07, 6.45) is 5.99. The van der Waals surface area contributed by atoms with Crippen LogP contribution in [0.4, 0.5) is 0 Å². The van der Waals surface area contributed by atoms with Crippen LogP contribution >= 0.6 is 0 Å². The van der Waals surface area contributed by atoms with Crippen molar-refractivity contribution >= 4 is 0 Å². The van der Waals surface area contributed by atoms with Gasteiger partial charge in [0, 0.05) is 0 Å². The summed E-state index contributed by atoms with van der Waals surface area (Å²) in [5.74, 6) is 7.72. The molecular weight excluding hydrogens is 216 g/mol. The molecule has 0 aromatic rings. The minimum atomic E-state index is 0.939. The van der Waals surface area contributed by atoms with Crippen molar-refractivity contribution in [1.29, 1.82) is 0 Å². The van der Waals surface area contributed by atoms with E-state index in [0.29, 0.717) is 0 Å². The van der Waals surface area contributed by atoms with E-state index in [4.69, 9.17) is 0 Å². The van der Waals surface area contributed by atoms with Crippen LogP contribution in [0.2, 0.25) is 0 Å². The van der Waals surface area contributed by atoms with Crippen LogP contribution in [-0.2, 0) is 0 Å². The molecule has 0 N–H and O–H groups in total. The second kappa shape index (κ2) is 5.55. The molecule has 6 unspecified atom stereocenters. The predicted molar refractivity (Wildman–Crippen MR) is 80.4 cm³/mol. The van der Waals surface area contributed by atoms with Crippen molar-refractivity contribution in [2.75, 3.05) is 0 Å². The Morgan fingerprint density at radius 3 is 1.67 bits per heavy atom. The van der Waals surface area contributed by atoms with Gasteiger partial charge < -0.3 is 0 Å². The molecule has 0 aromatic carbocycles. The van der Waals surface area contributed by atoms with Crippen LogP contribution in [0.5, 0.6) is 0 Å². The summed E-state index contributed by atoms with van der Waals surface area (Å²) >= 11 is 0. The van der Waals surface area contributed by atoms with E-state index in [2.05, 4.69) is 41.5 Å². The van der Waals surface area contributed by atoms with E-state index in [1.807, 2.05) is 0 Å². The molecule has 0 amide bonds. The summed E-state index contributed by atoms with van der Waals surface area (Å²) in [4.78, 5) is 0. The molecule has 2 saturated carbocycles. The highest BCUT2D eigenvalue weighted by molar-refractivity contribution is 4.89. The SMILES string of the molecule is CC1CC(C2CCC(C)C(C)C2C)CC(C)C1C. The average molecular weight is 250 g/mol. The molecule has 0 heterocycles. The first kappa shape index (κ1) is 14.4. The number of hydrogen-bond acceptors (Lipinski definition) is 0. The van der Waals surface area contributed by atoms with Gasteiger partial charge in [-0.15, -0.1) is 0 Å². The Balaban J connectivity index is 2.03. The van der Waals surface area contributed by atoms with E-state index in [1.54, 1.807) is 0 Å². The van der Waals surface area contributed by atoms with Crippen LogP contribution in [0.3, 0.4) is 0 Å². The van der Waals surface area contributed by atoms with E-state index >= 15 is 0 Å². The summed E-state index contributed by atoms with van der Waals surface area (Å²) in [5.41, 5.74) is 0. The minimum absolute atomic E-state index is 0.939. The first-order valence-corrected chi connectivity index (χ1v) is 8.41. The molecule has 0 radical (unpaired) electrons. The third kappa shape index (κ3) is 2.63. The molecule has 0 nitrogen and oxygen atoms in total. The summed E-state index contributed by atoms with van der Waals surface area (Å²) in [7, 11) is 0. The third-order valence-electron chi connectivity index (χ3n) is 7.11. The lowest BCUT2D eigenvalue weighted by Gasteiger charge is -2.47. The molecule has 106 valence electrons. The van der Waals surface area contributed by atoms with Gasteiger partial charge in [-0.2, -0.15) is 0 Å². The van der Waals surface area contributed by atoms with Crippen molar-refractivity contribution in [2.24, 2.45) is 47.3 Å². The van der Waals surface area contributed by atoms with Gasteiger partial charge >= 0.3 is 0 Å².